The summed E-state index contributed by atoms with van der Waals surface area (Å²) in [6.45, 7) is 6.06. The molecule has 2 heterocycles. The third-order valence-electron chi connectivity index (χ3n) is 3.64. The Bertz CT molecular complexity index is 630. The summed E-state index contributed by atoms with van der Waals surface area (Å²) in [5.41, 5.74) is 9.01. The third kappa shape index (κ3) is 2.91. The van der Waals surface area contributed by atoms with Crippen LogP contribution < -0.4 is 15.4 Å². The van der Waals surface area contributed by atoms with Crippen LogP contribution in [0.3, 0.4) is 0 Å². The van der Waals surface area contributed by atoms with E-state index in [4.69, 9.17) is 10.5 Å². The van der Waals surface area contributed by atoms with Gasteiger partial charge in [-0.1, -0.05) is 6.07 Å². The number of nitrogens with two attached hydrogens (primary N) is 1. The van der Waals surface area contributed by atoms with Gasteiger partial charge in [0.2, 0.25) is 5.88 Å². The van der Waals surface area contributed by atoms with Crippen molar-refractivity contribution in [2.45, 2.75) is 26.7 Å². The van der Waals surface area contributed by atoms with Crippen molar-refractivity contribution in [3.05, 3.63) is 35.7 Å². The van der Waals surface area contributed by atoms with Gasteiger partial charge in [-0.2, -0.15) is 4.98 Å². The van der Waals surface area contributed by atoms with Crippen molar-refractivity contribution >= 4 is 11.5 Å². The molecule has 0 radical (unpaired) electrons. The Labute approximate surface area is 124 Å². The first kappa shape index (κ1) is 13.7. The Morgan fingerprint density at radius 3 is 2.38 bits per heavy atom. The Kier molecular flexibility index (Phi) is 3.64. The zero-order valence-electron chi connectivity index (χ0n) is 12.5. The van der Waals surface area contributed by atoms with E-state index in [1.807, 2.05) is 26.0 Å². The smallest absolute Gasteiger partial charge is 0.248 e. The maximum Gasteiger partial charge on any atom is 0.248 e. The van der Waals surface area contributed by atoms with Crippen molar-refractivity contribution < 1.29 is 4.74 Å². The van der Waals surface area contributed by atoms with Gasteiger partial charge in [0, 0.05) is 13.1 Å². The highest BCUT2D eigenvalue weighted by Crippen LogP contribution is 2.33. The number of aryl methyl sites for hydroxylation is 2. The van der Waals surface area contributed by atoms with Crippen LogP contribution in [-0.4, -0.2) is 23.1 Å². The van der Waals surface area contributed by atoms with E-state index in [1.165, 1.54) is 19.2 Å². The molecule has 5 nitrogen and oxygen atoms in total. The predicted octanol–water partition coefficient (Wildman–Crippen LogP) is 3.07. The number of ether oxygens (including phenoxy) is 1. The molecular formula is C16H20N4O. The average molecular weight is 284 g/mol. The van der Waals surface area contributed by atoms with Gasteiger partial charge in [0.1, 0.15) is 17.8 Å². The Balaban J connectivity index is 1.90. The number of hydrogen-bond donors (Lipinski definition) is 1. The second-order valence-electron chi connectivity index (χ2n) is 5.54. The molecule has 1 aromatic heterocycles. The number of nitrogens with zero attached hydrogens (tertiary/aromatic N) is 3. The van der Waals surface area contributed by atoms with E-state index in [-0.39, 0.29) is 0 Å². The van der Waals surface area contributed by atoms with Crippen molar-refractivity contribution in [3.63, 3.8) is 0 Å². The van der Waals surface area contributed by atoms with Crippen molar-refractivity contribution in [2.75, 3.05) is 23.7 Å². The molecule has 0 unspecified atom stereocenters. The first-order valence-electron chi connectivity index (χ1n) is 7.25. The van der Waals surface area contributed by atoms with E-state index < -0.39 is 0 Å². The fourth-order valence-electron chi connectivity index (χ4n) is 2.74. The van der Waals surface area contributed by atoms with Crippen LogP contribution in [0.5, 0.6) is 11.6 Å². The Morgan fingerprint density at radius 1 is 1.05 bits per heavy atom. The van der Waals surface area contributed by atoms with Crippen LogP contribution in [0, 0.1) is 13.8 Å². The van der Waals surface area contributed by atoms with Crippen LogP contribution in [0.1, 0.15) is 24.0 Å². The fourth-order valence-corrected chi connectivity index (χ4v) is 2.74. The minimum Gasteiger partial charge on any atom is -0.437 e. The largest absolute Gasteiger partial charge is 0.437 e. The topological polar surface area (TPSA) is 64.3 Å². The van der Waals surface area contributed by atoms with Gasteiger partial charge >= 0.3 is 0 Å². The lowest BCUT2D eigenvalue weighted by Gasteiger charge is -2.19. The summed E-state index contributed by atoms with van der Waals surface area (Å²) in [7, 11) is 0. The van der Waals surface area contributed by atoms with Crippen LogP contribution in [0.25, 0.3) is 0 Å². The van der Waals surface area contributed by atoms with Crippen LogP contribution >= 0.6 is 0 Å². The molecule has 1 aliphatic rings. The summed E-state index contributed by atoms with van der Waals surface area (Å²) >= 11 is 0. The number of nitrogen functional groups attached to an aromatic ring is 1. The molecule has 2 N–H and O–H groups in total. The van der Waals surface area contributed by atoms with Gasteiger partial charge in [0.25, 0.3) is 0 Å². The standard InChI is InChI=1S/C16H20N4O/c1-11-7-12(2)9-13(8-11)21-16-14(17)15(18-10-19-16)20-5-3-4-6-20/h7-10H,3-6,17H2,1-2H3. The van der Waals surface area contributed by atoms with Gasteiger partial charge in [0.15, 0.2) is 5.82 Å². The van der Waals surface area contributed by atoms with Gasteiger partial charge in [-0.15, -0.1) is 0 Å². The molecule has 1 saturated heterocycles. The maximum atomic E-state index is 6.20. The molecule has 0 saturated carbocycles. The van der Waals surface area contributed by atoms with E-state index in [1.54, 1.807) is 0 Å². The molecule has 0 spiro atoms. The minimum atomic E-state index is 0.428. The van der Waals surface area contributed by atoms with Crippen LogP contribution in [0.2, 0.25) is 0 Å². The molecule has 0 bridgehead atoms. The minimum absolute atomic E-state index is 0.428. The van der Waals surface area contributed by atoms with Crippen LogP contribution in [0.4, 0.5) is 11.5 Å². The van der Waals surface area contributed by atoms with Gasteiger partial charge in [-0.3, -0.25) is 0 Å². The second kappa shape index (κ2) is 5.60. The van der Waals surface area contributed by atoms with Crippen molar-refractivity contribution in [3.8, 4) is 11.6 Å². The van der Waals surface area contributed by atoms with Gasteiger partial charge in [-0.05, 0) is 49.9 Å². The molecule has 1 fully saturated rings. The third-order valence-corrected chi connectivity index (χ3v) is 3.64. The highest BCUT2D eigenvalue weighted by Gasteiger charge is 2.19. The number of rotatable bonds is 3. The molecular weight excluding hydrogens is 264 g/mol. The summed E-state index contributed by atoms with van der Waals surface area (Å²) in [6.07, 6.45) is 3.87. The molecule has 0 amide bonds. The number of benzene rings is 1. The predicted molar refractivity (Wildman–Crippen MR) is 83.9 cm³/mol. The normalized spacial score (nSPS) is 14.5. The molecule has 0 aliphatic carbocycles. The highest BCUT2D eigenvalue weighted by molar-refractivity contribution is 5.68. The zero-order valence-corrected chi connectivity index (χ0v) is 12.5. The second-order valence-corrected chi connectivity index (χ2v) is 5.54. The maximum absolute atomic E-state index is 6.20. The summed E-state index contributed by atoms with van der Waals surface area (Å²) < 4.78 is 5.87. The molecule has 3 rings (SSSR count). The van der Waals surface area contributed by atoms with Gasteiger partial charge < -0.3 is 15.4 Å². The van der Waals surface area contributed by atoms with Crippen LogP contribution in [0.15, 0.2) is 24.5 Å². The number of hydrogen-bond acceptors (Lipinski definition) is 5. The highest BCUT2D eigenvalue weighted by atomic mass is 16.5. The van der Waals surface area contributed by atoms with Crippen LogP contribution in [-0.2, 0) is 0 Å². The monoisotopic (exact) mass is 284 g/mol. The lowest BCUT2D eigenvalue weighted by molar-refractivity contribution is 0.463. The van der Waals surface area contributed by atoms with E-state index in [0.29, 0.717) is 11.6 Å². The van der Waals surface area contributed by atoms with Crippen molar-refractivity contribution in [1.82, 2.24) is 9.97 Å². The SMILES string of the molecule is Cc1cc(C)cc(Oc2ncnc(N3CCCC3)c2N)c1. The first-order chi connectivity index (χ1) is 10.1. The van der Waals surface area contributed by atoms with E-state index in [2.05, 4.69) is 20.9 Å². The Hall–Kier alpha value is -2.30. The number of anilines is 2. The summed E-state index contributed by atoms with van der Waals surface area (Å²) in [5, 5.41) is 0. The number of aromatic nitrogens is 2. The zero-order chi connectivity index (χ0) is 14.8. The lowest BCUT2D eigenvalue weighted by Crippen LogP contribution is -2.20. The molecule has 5 heteroatoms. The van der Waals surface area contributed by atoms with Crippen molar-refractivity contribution in [1.29, 1.82) is 0 Å². The first-order valence-corrected chi connectivity index (χ1v) is 7.25. The quantitative estimate of drug-likeness (QED) is 0.938. The van der Waals surface area contributed by atoms with Gasteiger partial charge in [-0.25, -0.2) is 4.98 Å². The van der Waals surface area contributed by atoms with E-state index >= 15 is 0 Å². The molecule has 1 aliphatic heterocycles. The molecule has 0 atom stereocenters. The summed E-state index contributed by atoms with van der Waals surface area (Å²) in [6, 6.07) is 6.06. The fraction of sp³-hybridized carbons (Fsp3) is 0.375. The average Bonchev–Trinajstić information content (AvgIpc) is 2.94. The molecule has 2 aromatic rings. The Morgan fingerprint density at radius 2 is 1.71 bits per heavy atom. The molecule has 21 heavy (non-hydrogen) atoms. The lowest BCUT2D eigenvalue weighted by atomic mass is 10.1. The molecule has 1 aromatic carbocycles. The summed E-state index contributed by atoms with van der Waals surface area (Å²) in [5.74, 6) is 1.96. The van der Waals surface area contributed by atoms with Crippen molar-refractivity contribution in [2.24, 2.45) is 0 Å². The van der Waals surface area contributed by atoms with E-state index in [9.17, 15) is 0 Å². The molecule has 110 valence electrons. The van der Waals surface area contributed by atoms with Gasteiger partial charge in [0.05, 0.1) is 0 Å². The summed E-state index contributed by atoms with van der Waals surface area (Å²) in [4.78, 5) is 10.7. The van der Waals surface area contributed by atoms with E-state index in [0.717, 1.165) is 35.8 Å².